The van der Waals surface area contributed by atoms with Crippen molar-refractivity contribution in [1.29, 1.82) is 0 Å². The highest BCUT2D eigenvalue weighted by molar-refractivity contribution is 5.95. The average Bonchev–Trinajstić information content (AvgIpc) is 2.76. The van der Waals surface area contributed by atoms with Gasteiger partial charge < -0.3 is 4.74 Å². The summed E-state index contributed by atoms with van der Waals surface area (Å²) in [4.78, 5) is 12.0. The van der Waals surface area contributed by atoms with E-state index in [9.17, 15) is 4.79 Å². The van der Waals surface area contributed by atoms with Crippen LogP contribution in [0.15, 0.2) is 36.5 Å². The maximum absolute atomic E-state index is 12.0. The normalized spacial score (nSPS) is 10.3. The van der Waals surface area contributed by atoms with Crippen LogP contribution in [0.1, 0.15) is 23.0 Å². The molecule has 0 saturated carbocycles. The van der Waals surface area contributed by atoms with E-state index in [2.05, 4.69) is 5.10 Å². The third-order valence-electron chi connectivity index (χ3n) is 2.71. The molecule has 0 spiro atoms. The van der Waals surface area contributed by atoms with Gasteiger partial charge in [0.15, 0.2) is 5.78 Å². The molecular formula is C14H16N2O2. The molecule has 1 aromatic carbocycles. The second-order valence-corrected chi connectivity index (χ2v) is 4.01. The fraction of sp³-hybridized carbons (Fsp3) is 0.286. The standard InChI is InChI=1S/C14H16N2O2/c1-3-18-13-6-4-12(5-7-13)14(17)10-16-11(2)8-9-15-16/h4-9H,3,10H2,1-2H3. The van der Waals surface area contributed by atoms with Gasteiger partial charge in [0.2, 0.25) is 0 Å². The number of hydrogen-bond acceptors (Lipinski definition) is 3. The topological polar surface area (TPSA) is 44.1 Å². The van der Waals surface area contributed by atoms with Crippen LogP contribution in [0.4, 0.5) is 0 Å². The van der Waals surface area contributed by atoms with Gasteiger partial charge in [-0.3, -0.25) is 9.48 Å². The Balaban J connectivity index is 2.07. The van der Waals surface area contributed by atoms with Crippen LogP contribution in [0.2, 0.25) is 0 Å². The maximum atomic E-state index is 12.0. The largest absolute Gasteiger partial charge is 0.494 e. The summed E-state index contributed by atoms with van der Waals surface area (Å²) in [6.45, 7) is 4.75. The number of nitrogens with zero attached hydrogens (tertiary/aromatic N) is 2. The molecule has 0 aliphatic carbocycles. The van der Waals surface area contributed by atoms with Crippen molar-refractivity contribution in [2.75, 3.05) is 6.61 Å². The summed E-state index contributed by atoms with van der Waals surface area (Å²) in [5.74, 6) is 0.828. The smallest absolute Gasteiger partial charge is 0.184 e. The number of carbonyl (C=O) groups excluding carboxylic acids is 1. The zero-order chi connectivity index (χ0) is 13.0. The lowest BCUT2D eigenvalue weighted by molar-refractivity contribution is 0.0967. The summed E-state index contributed by atoms with van der Waals surface area (Å²) >= 11 is 0. The van der Waals surface area contributed by atoms with Gasteiger partial charge in [-0.2, -0.15) is 5.10 Å². The second-order valence-electron chi connectivity index (χ2n) is 4.01. The molecule has 4 nitrogen and oxygen atoms in total. The van der Waals surface area contributed by atoms with Gasteiger partial charge in [-0.25, -0.2) is 0 Å². The van der Waals surface area contributed by atoms with Gasteiger partial charge in [0.1, 0.15) is 12.3 Å². The number of carbonyl (C=O) groups is 1. The van der Waals surface area contributed by atoms with E-state index in [1.165, 1.54) is 0 Å². The highest BCUT2D eigenvalue weighted by atomic mass is 16.5. The fourth-order valence-electron chi connectivity index (χ4n) is 1.70. The van der Waals surface area contributed by atoms with Crippen molar-refractivity contribution in [2.45, 2.75) is 20.4 Å². The Labute approximate surface area is 106 Å². The van der Waals surface area contributed by atoms with Gasteiger partial charge in [-0.15, -0.1) is 0 Å². The first-order chi connectivity index (χ1) is 8.70. The molecular weight excluding hydrogens is 228 g/mol. The first kappa shape index (κ1) is 12.4. The molecule has 0 aliphatic heterocycles. The number of aryl methyl sites for hydroxylation is 1. The molecule has 0 unspecified atom stereocenters. The van der Waals surface area contributed by atoms with Gasteiger partial charge in [0.25, 0.3) is 0 Å². The number of ether oxygens (including phenoxy) is 1. The highest BCUT2D eigenvalue weighted by Gasteiger charge is 2.08. The van der Waals surface area contributed by atoms with E-state index in [0.717, 1.165) is 11.4 Å². The number of hydrogen-bond donors (Lipinski definition) is 0. The first-order valence-electron chi connectivity index (χ1n) is 5.95. The lowest BCUT2D eigenvalue weighted by Crippen LogP contribution is -2.12. The molecule has 0 saturated heterocycles. The van der Waals surface area contributed by atoms with Gasteiger partial charge >= 0.3 is 0 Å². The predicted octanol–water partition coefficient (Wildman–Crippen LogP) is 2.47. The van der Waals surface area contributed by atoms with Gasteiger partial charge in [0.05, 0.1) is 6.61 Å². The molecule has 0 bridgehead atoms. The van der Waals surface area contributed by atoms with Crippen LogP contribution in [-0.2, 0) is 6.54 Å². The Kier molecular flexibility index (Phi) is 3.77. The fourth-order valence-corrected chi connectivity index (χ4v) is 1.70. The van der Waals surface area contributed by atoms with Crippen molar-refractivity contribution >= 4 is 5.78 Å². The Bertz CT molecular complexity index is 529. The number of aromatic nitrogens is 2. The maximum Gasteiger partial charge on any atom is 0.184 e. The van der Waals surface area contributed by atoms with Crippen molar-refractivity contribution in [3.63, 3.8) is 0 Å². The minimum atomic E-state index is 0.0462. The summed E-state index contributed by atoms with van der Waals surface area (Å²) in [6.07, 6.45) is 1.70. The molecule has 0 fully saturated rings. The monoisotopic (exact) mass is 244 g/mol. The Hall–Kier alpha value is -2.10. The van der Waals surface area contributed by atoms with Crippen LogP contribution in [0.5, 0.6) is 5.75 Å². The van der Waals surface area contributed by atoms with Crippen molar-refractivity contribution in [3.05, 3.63) is 47.8 Å². The number of rotatable bonds is 5. The SMILES string of the molecule is CCOc1ccc(C(=O)Cn2nccc2C)cc1. The van der Waals surface area contributed by atoms with Crippen LogP contribution in [0.25, 0.3) is 0 Å². The van der Waals surface area contributed by atoms with Crippen LogP contribution in [0.3, 0.4) is 0 Å². The molecule has 0 radical (unpaired) electrons. The summed E-state index contributed by atoms with van der Waals surface area (Å²) in [5, 5.41) is 4.10. The van der Waals surface area contributed by atoms with Crippen molar-refractivity contribution < 1.29 is 9.53 Å². The van der Waals surface area contributed by atoms with E-state index < -0.39 is 0 Å². The Morgan fingerprint density at radius 1 is 1.28 bits per heavy atom. The molecule has 18 heavy (non-hydrogen) atoms. The van der Waals surface area contributed by atoms with Crippen LogP contribution < -0.4 is 4.74 Å². The van der Waals surface area contributed by atoms with Gasteiger partial charge in [-0.1, -0.05) is 0 Å². The number of benzene rings is 1. The molecule has 0 atom stereocenters. The second kappa shape index (κ2) is 5.49. The predicted molar refractivity (Wildman–Crippen MR) is 68.9 cm³/mol. The summed E-state index contributed by atoms with van der Waals surface area (Å²) in [6, 6.07) is 9.07. The molecule has 0 N–H and O–H groups in total. The molecule has 94 valence electrons. The summed E-state index contributed by atoms with van der Waals surface area (Å²) in [5.41, 5.74) is 1.66. The van der Waals surface area contributed by atoms with E-state index in [4.69, 9.17) is 4.74 Å². The zero-order valence-electron chi connectivity index (χ0n) is 10.6. The van der Waals surface area contributed by atoms with Gasteiger partial charge in [-0.05, 0) is 44.2 Å². The van der Waals surface area contributed by atoms with E-state index >= 15 is 0 Å². The quantitative estimate of drug-likeness (QED) is 0.759. The average molecular weight is 244 g/mol. The minimum Gasteiger partial charge on any atom is -0.494 e. The van der Waals surface area contributed by atoms with Crippen LogP contribution in [0, 0.1) is 6.92 Å². The van der Waals surface area contributed by atoms with E-state index in [1.807, 2.05) is 32.0 Å². The molecule has 2 aromatic rings. The van der Waals surface area contributed by atoms with Gasteiger partial charge in [0, 0.05) is 17.5 Å². The molecule has 1 aromatic heterocycles. The van der Waals surface area contributed by atoms with Crippen LogP contribution >= 0.6 is 0 Å². The minimum absolute atomic E-state index is 0.0462. The third-order valence-corrected chi connectivity index (χ3v) is 2.71. The summed E-state index contributed by atoms with van der Waals surface area (Å²) < 4.78 is 7.03. The van der Waals surface area contributed by atoms with Crippen molar-refractivity contribution in [2.24, 2.45) is 0 Å². The summed E-state index contributed by atoms with van der Waals surface area (Å²) in [7, 11) is 0. The Morgan fingerprint density at radius 3 is 2.56 bits per heavy atom. The number of ketones is 1. The highest BCUT2D eigenvalue weighted by Crippen LogP contribution is 2.13. The molecule has 0 amide bonds. The zero-order valence-corrected chi connectivity index (χ0v) is 10.6. The number of Topliss-reactive ketones (excluding diaryl/α,β-unsaturated/α-hetero) is 1. The molecule has 1 heterocycles. The molecule has 2 rings (SSSR count). The van der Waals surface area contributed by atoms with Crippen molar-refractivity contribution in [1.82, 2.24) is 9.78 Å². The van der Waals surface area contributed by atoms with Crippen molar-refractivity contribution in [3.8, 4) is 5.75 Å². The van der Waals surface area contributed by atoms with Crippen LogP contribution in [-0.4, -0.2) is 22.2 Å². The molecule has 0 aliphatic rings. The third kappa shape index (κ3) is 2.77. The van der Waals surface area contributed by atoms with E-state index in [1.54, 1.807) is 23.0 Å². The van der Waals surface area contributed by atoms with E-state index in [-0.39, 0.29) is 12.3 Å². The van der Waals surface area contributed by atoms with E-state index in [0.29, 0.717) is 12.2 Å². The Morgan fingerprint density at radius 2 is 2.00 bits per heavy atom. The molecule has 4 heteroatoms. The first-order valence-corrected chi connectivity index (χ1v) is 5.95. The lowest BCUT2D eigenvalue weighted by atomic mass is 10.1. The lowest BCUT2D eigenvalue weighted by Gasteiger charge is -2.06.